The molecule has 17 heavy (non-hydrogen) atoms. The highest BCUT2D eigenvalue weighted by Crippen LogP contribution is 2.23. The van der Waals surface area contributed by atoms with E-state index >= 15 is 0 Å². The van der Waals surface area contributed by atoms with Crippen LogP contribution < -0.4 is 16.4 Å². The monoisotopic (exact) mass is 233 g/mol. The summed E-state index contributed by atoms with van der Waals surface area (Å²) in [6, 6.07) is 4.88. The Morgan fingerprint density at radius 3 is 2.88 bits per heavy atom. The molecule has 0 atom stereocenters. The van der Waals surface area contributed by atoms with Gasteiger partial charge in [0.25, 0.3) is 5.91 Å². The van der Waals surface area contributed by atoms with Crippen LogP contribution in [0.25, 0.3) is 0 Å². The molecule has 88 valence electrons. The number of carbonyl (C=O) groups excluding carboxylic acids is 3. The first-order valence-electron chi connectivity index (χ1n) is 5.05. The summed E-state index contributed by atoms with van der Waals surface area (Å²) in [5.41, 5.74) is 6.83. The van der Waals surface area contributed by atoms with Crippen LogP contribution in [0, 0.1) is 0 Å². The number of benzene rings is 1. The third-order valence-corrected chi connectivity index (χ3v) is 2.42. The van der Waals surface area contributed by atoms with E-state index in [1.54, 1.807) is 18.2 Å². The molecule has 0 saturated carbocycles. The van der Waals surface area contributed by atoms with E-state index in [9.17, 15) is 14.4 Å². The number of amides is 3. The van der Waals surface area contributed by atoms with Crippen LogP contribution >= 0.6 is 0 Å². The maximum Gasteiger partial charge on any atom is 0.251 e. The Bertz CT molecular complexity index is 511. The molecule has 0 aromatic heterocycles. The average molecular weight is 233 g/mol. The van der Waals surface area contributed by atoms with Crippen molar-refractivity contribution >= 4 is 23.4 Å². The summed E-state index contributed by atoms with van der Waals surface area (Å²) < 4.78 is 0. The lowest BCUT2D eigenvalue weighted by Gasteiger charge is -2.04. The first-order chi connectivity index (χ1) is 8.06. The molecule has 0 radical (unpaired) electrons. The van der Waals surface area contributed by atoms with Crippen LogP contribution in [-0.2, 0) is 16.0 Å². The van der Waals surface area contributed by atoms with Crippen molar-refractivity contribution in [2.24, 2.45) is 5.73 Å². The summed E-state index contributed by atoms with van der Waals surface area (Å²) >= 11 is 0. The Labute approximate surface area is 97.2 Å². The van der Waals surface area contributed by atoms with Gasteiger partial charge in [-0.15, -0.1) is 0 Å². The zero-order valence-corrected chi connectivity index (χ0v) is 8.95. The molecule has 4 N–H and O–H groups in total. The van der Waals surface area contributed by atoms with Crippen LogP contribution in [0.4, 0.5) is 5.69 Å². The van der Waals surface area contributed by atoms with Crippen LogP contribution in [0.5, 0.6) is 0 Å². The SMILES string of the molecule is NC(=O)CNC(=O)c1ccc2c(c1)CC(=O)N2. The highest BCUT2D eigenvalue weighted by atomic mass is 16.2. The number of hydrogen-bond acceptors (Lipinski definition) is 3. The van der Waals surface area contributed by atoms with Gasteiger partial charge in [-0.3, -0.25) is 14.4 Å². The van der Waals surface area contributed by atoms with Crippen LogP contribution in [0.1, 0.15) is 15.9 Å². The van der Waals surface area contributed by atoms with Gasteiger partial charge in [-0.05, 0) is 23.8 Å². The van der Waals surface area contributed by atoms with Crippen molar-refractivity contribution in [1.29, 1.82) is 0 Å². The third kappa shape index (κ3) is 2.41. The Hall–Kier alpha value is -2.37. The van der Waals surface area contributed by atoms with Crippen LogP contribution in [0.15, 0.2) is 18.2 Å². The maximum atomic E-state index is 11.6. The summed E-state index contributed by atoms with van der Waals surface area (Å²) in [6.07, 6.45) is 0.270. The lowest BCUT2D eigenvalue weighted by molar-refractivity contribution is -0.117. The number of primary amides is 1. The van der Waals surface area contributed by atoms with Crippen LogP contribution in [0.3, 0.4) is 0 Å². The third-order valence-electron chi connectivity index (χ3n) is 2.42. The van der Waals surface area contributed by atoms with E-state index in [4.69, 9.17) is 5.73 Å². The van der Waals surface area contributed by atoms with Crippen molar-refractivity contribution in [3.63, 3.8) is 0 Å². The molecule has 1 aliphatic rings. The first-order valence-corrected chi connectivity index (χ1v) is 5.05. The predicted molar refractivity (Wildman–Crippen MR) is 60.3 cm³/mol. The fourth-order valence-corrected chi connectivity index (χ4v) is 1.64. The van der Waals surface area contributed by atoms with Gasteiger partial charge in [0.05, 0.1) is 13.0 Å². The second kappa shape index (κ2) is 4.25. The van der Waals surface area contributed by atoms with Gasteiger partial charge in [-0.1, -0.05) is 0 Å². The quantitative estimate of drug-likeness (QED) is 0.649. The molecule has 6 nitrogen and oxygen atoms in total. The summed E-state index contributed by atoms with van der Waals surface area (Å²) in [4.78, 5) is 33.2. The van der Waals surface area contributed by atoms with Crippen molar-refractivity contribution in [2.75, 3.05) is 11.9 Å². The molecule has 1 heterocycles. The highest BCUT2D eigenvalue weighted by molar-refractivity contribution is 6.02. The van der Waals surface area contributed by atoms with Crippen LogP contribution in [0.2, 0.25) is 0 Å². The molecule has 1 aromatic carbocycles. The molecule has 0 bridgehead atoms. The normalized spacial score (nSPS) is 12.8. The van der Waals surface area contributed by atoms with Gasteiger partial charge in [0.1, 0.15) is 0 Å². The topological polar surface area (TPSA) is 101 Å². The molecule has 1 aliphatic heterocycles. The van der Waals surface area contributed by atoms with Crippen molar-refractivity contribution in [3.8, 4) is 0 Å². The Balaban J connectivity index is 2.13. The molecule has 0 unspecified atom stereocenters. The van der Waals surface area contributed by atoms with Gasteiger partial charge >= 0.3 is 0 Å². The van der Waals surface area contributed by atoms with Crippen molar-refractivity contribution in [3.05, 3.63) is 29.3 Å². The van der Waals surface area contributed by atoms with Crippen LogP contribution in [-0.4, -0.2) is 24.3 Å². The molecule has 0 saturated heterocycles. The van der Waals surface area contributed by atoms with Gasteiger partial charge < -0.3 is 16.4 Å². The zero-order valence-electron chi connectivity index (χ0n) is 8.95. The number of rotatable bonds is 3. The standard InChI is InChI=1S/C11H11N3O3/c12-9(15)5-13-11(17)6-1-2-8-7(3-6)4-10(16)14-8/h1-3H,4-5H2,(H2,12,15)(H,13,17)(H,14,16). The van der Waals surface area contributed by atoms with Gasteiger partial charge in [0.2, 0.25) is 11.8 Å². The molecule has 0 fully saturated rings. The van der Waals surface area contributed by atoms with Gasteiger partial charge in [0, 0.05) is 11.3 Å². The molecule has 3 amide bonds. The molecule has 0 spiro atoms. The number of hydrogen-bond donors (Lipinski definition) is 3. The summed E-state index contributed by atoms with van der Waals surface area (Å²) in [6.45, 7) is -0.201. The van der Waals surface area contributed by atoms with E-state index in [0.29, 0.717) is 5.56 Å². The fraction of sp³-hybridized carbons (Fsp3) is 0.182. The van der Waals surface area contributed by atoms with Gasteiger partial charge in [-0.25, -0.2) is 0 Å². The Morgan fingerprint density at radius 2 is 2.18 bits per heavy atom. The maximum absolute atomic E-state index is 11.6. The van der Waals surface area contributed by atoms with E-state index in [0.717, 1.165) is 11.3 Å². The largest absolute Gasteiger partial charge is 0.368 e. The summed E-state index contributed by atoms with van der Waals surface area (Å²) in [5, 5.41) is 5.05. The molecule has 0 aliphatic carbocycles. The smallest absolute Gasteiger partial charge is 0.251 e. The molecule has 6 heteroatoms. The van der Waals surface area contributed by atoms with Gasteiger partial charge in [-0.2, -0.15) is 0 Å². The summed E-state index contributed by atoms with van der Waals surface area (Å²) in [5.74, 6) is -1.07. The highest BCUT2D eigenvalue weighted by Gasteiger charge is 2.19. The molecule has 1 aromatic rings. The van der Waals surface area contributed by atoms with E-state index in [2.05, 4.69) is 10.6 Å². The lowest BCUT2D eigenvalue weighted by Crippen LogP contribution is -2.33. The first kappa shape index (κ1) is 11.1. The zero-order chi connectivity index (χ0) is 12.4. The molecular formula is C11H11N3O3. The minimum absolute atomic E-state index is 0.0882. The minimum Gasteiger partial charge on any atom is -0.368 e. The second-order valence-electron chi connectivity index (χ2n) is 3.75. The number of nitrogens with two attached hydrogens (primary N) is 1. The number of fused-ring (bicyclic) bond motifs is 1. The van der Waals surface area contributed by atoms with E-state index < -0.39 is 5.91 Å². The van der Waals surface area contributed by atoms with Crippen molar-refractivity contribution in [2.45, 2.75) is 6.42 Å². The van der Waals surface area contributed by atoms with E-state index in [-0.39, 0.29) is 24.8 Å². The molecular weight excluding hydrogens is 222 g/mol. The number of nitrogens with one attached hydrogen (secondary N) is 2. The lowest BCUT2D eigenvalue weighted by atomic mass is 10.1. The number of carbonyl (C=O) groups is 3. The Morgan fingerprint density at radius 1 is 1.41 bits per heavy atom. The van der Waals surface area contributed by atoms with E-state index in [1.807, 2.05) is 0 Å². The van der Waals surface area contributed by atoms with Crippen molar-refractivity contribution < 1.29 is 14.4 Å². The van der Waals surface area contributed by atoms with Gasteiger partial charge in [0.15, 0.2) is 0 Å². The minimum atomic E-state index is -0.601. The predicted octanol–water partition coefficient (Wildman–Crippen LogP) is -0.604. The Kier molecular flexibility index (Phi) is 2.78. The second-order valence-corrected chi connectivity index (χ2v) is 3.75. The van der Waals surface area contributed by atoms with Crippen molar-refractivity contribution in [1.82, 2.24) is 5.32 Å². The summed E-state index contributed by atoms with van der Waals surface area (Å²) in [7, 11) is 0. The fourth-order valence-electron chi connectivity index (χ4n) is 1.64. The molecule has 2 rings (SSSR count). The average Bonchev–Trinajstić information content (AvgIpc) is 2.64. The number of anilines is 1. The van der Waals surface area contributed by atoms with E-state index in [1.165, 1.54) is 0 Å².